The van der Waals surface area contributed by atoms with Crippen molar-refractivity contribution in [1.82, 2.24) is 19.5 Å². The van der Waals surface area contributed by atoms with E-state index in [-0.39, 0.29) is 0 Å². The van der Waals surface area contributed by atoms with Gasteiger partial charge in [-0.3, -0.25) is 0 Å². The Bertz CT molecular complexity index is 3650. The highest BCUT2D eigenvalue weighted by molar-refractivity contribution is 6.14. The lowest BCUT2D eigenvalue weighted by Crippen LogP contribution is -2.04. The zero-order chi connectivity index (χ0) is 41.7. The smallest absolute Gasteiger partial charge is 0.164 e. The molecule has 10 aromatic carbocycles. The van der Waals surface area contributed by atoms with Crippen LogP contribution in [0.1, 0.15) is 0 Å². The van der Waals surface area contributed by atoms with Crippen LogP contribution in [0.4, 0.5) is 0 Å². The van der Waals surface area contributed by atoms with Gasteiger partial charge in [0.2, 0.25) is 0 Å². The molecule has 0 saturated heterocycles. The van der Waals surface area contributed by atoms with Crippen LogP contribution in [-0.2, 0) is 0 Å². The molecule has 63 heavy (non-hydrogen) atoms. The normalized spacial score (nSPS) is 11.5. The van der Waals surface area contributed by atoms with Crippen LogP contribution in [0.15, 0.2) is 231 Å². The van der Waals surface area contributed by atoms with E-state index in [9.17, 15) is 0 Å². The van der Waals surface area contributed by atoms with Gasteiger partial charge in [-0.25, -0.2) is 15.0 Å². The number of aromatic nitrogens is 4. The Labute approximate surface area is 365 Å². The molecular weight excluding hydrogens is 765 g/mol. The third-order valence-electron chi connectivity index (χ3n) is 12.2. The molecule has 294 valence electrons. The Morgan fingerprint density at radius 1 is 0.270 bits per heavy atom. The van der Waals surface area contributed by atoms with Gasteiger partial charge in [0, 0.05) is 38.6 Å². The fraction of sp³-hybridized carbons (Fsp3) is 0. The first-order valence-corrected chi connectivity index (χ1v) is 21.4. The molecule has 0 bridgehead atoms. The van der Waals surface area contributed by atoms with E-state index < -0.39 is 0 Å². The van der Waals surface area contributed by atoms with Gasteiger partial charge in [-0.1, -0.05) is 200 Å². The second-order valence-corrected chi connectivity index (χ2v) is 16.0. The third-order valence-corrected chi connectivity index (χ3v) is 12.2. The van der Waals surface area contributed by atoms with Gasteiger partial charge in [0.05, 0.1) is 16.7 Å². The predicted molar refractivity (Wildman–Crippen MR) is 262 cm³/mol. The highest BCUT2D eigenvalue weighted by Gasteiger charge is 2.25. The van der Waals surface area contributed by atoms with E-state index in [2.05, 4.69) is 217 Å². The molecule has 2 aromatic heterocycles. The number of rotatable bonds is 7. The molecular formula is C59H38N4. The van der Waals surface area contributed by atoms with Crippen LogP contribution in [0.3, 0.4) is 0 Å². The van der Waals surface area contributed by atoms with Crippen LogP contribution in [-0.4, -0.2) is 19.5 Å². The average Bonchev–Trinajstić information content (AvgIpc) is 3.68. The molecule has 0 spiro atoms. The minimum atomic E-state index is 0.604. The summed E-state index contributed by atoms with van der Waals surface area (Å²) in [5.41, 5.74) is 12.8. The van der Waals surface area contributed by atoms with Gasteiger partial charge in [0.25, 0.3) is 0 Å². The summed E-state index contributed by atoms with van der Waals surface area (Å²) in [6.07, 6.45) is 0. The van der Waals surface area contributed by atoms with E-state index in [0.29, 0.717) is 17.5 Å². The summed E-state index contributed by atoms with van der Waals surface area (Å²) < 4.78 is 2.46. The topological polar surface area (TPSA) is 43.6 Å². The van der Waals surface area contributed by atoms with Gasteiger partial charge < -0.3 is 4.57 Å². The fourth-order valence-corrected chi connectivity index (χ4v) is 9.29. The zero-order valence-corrected chi connectivity index (χ0v) is 34.2. The Morgan fingerprint density at radius 3 is 1.51 bits per heavy atom. The highest BCUT2D eigenvalue weighted by atomic mass is 15.0. The van der Waals surface area contributed by atoms with Crippen LogP contribution in [0.2, 0.25) is 0 Å². The van der Waals surface area contributed by atoms with E-state index in [1.165, 1.54) is 27.1 Å². The van der Waals surface area contributed by atoms with E-state index in [0.717, 1.165) is 72.0 Å². The second-order valence-electron chi connectivity index (χ2n) is 16.0. The molecule has 4 heteroatoms. The van der Waals surface area contributed by atoms with Crippen LogP contribution in [0.25, 0.3) is 117 Å². The van der Waals surface area contributed by atoms with Crippen molar-refractivity contribution in [2.75, 3.05) is 0 Å². The lowest BCUT2D eigenvalue weighted by atomic mass is 9.87. The minimum Gasteiger partial charge on any atom is -0.309 e. The third kappa shape index (κ3) is 6.36. The zero-order valence-electron chi connectivity index (χ0n) is 34.2. The molecule has 0 fully saturated rings. The van der Waals surface area contributed by atoms with Gasteiger partial charge in [0.15, 0.2) is 17.5 Å². The molecule has 0 unspecified atom stereocenters. The lowest BCUT2D eigenvalue weighted by Gasteiger charge is -2.22. The monoisotopic (exact) mass is 802 g/mol. The summed E-state index contributed by atoms with van der Waals surface area (Å²) in [6, 6.07) is 81.9. The Kier molecular flexibility index (Phi) is 8.79. The summed E-state index contributed by atoms with van der Waals surface area (Å²) in [5, 5.41) is 7.06. The largest absolute Gasteiger partial charge is 0.309 e. The maximum absolute atomic E-state index is 5.42. The number of nitrogens with zero attached hydrogens (tertiary/aromatic N) is 4. The second kappa shape index (κ2) is 15.2. The fourth-order valence-electron chi connectivity index (χ4n) is 9.29. The molecule has 0 aliphatic carbocycles. The van der Waals surface area contributed by atoms with Crippen LogP contribution in [0, 0.1) is 0 Å². The van der Waals surface area contributed by atoms with E-state index in [1.807, 2.05) is 18.2 Å². The Morgan fingerprint density at radius 2 is 0.778 bits per heavy atom. The SMILES string of the molecule is c1ccc(-c2ccc(-c3c(-n4c5ccccc5c5cc6ccccc6cc54)ccc(-c4nc(-c5ccccc5)nc(-c5cccc6ccccc56)n4)c3-c3ccccc3)cc2)cc1. The van der Waals surface area contributed by atoms with Crippen molar-refractivity contribution >= 4 is 43.4 Å². The summed E-state index contributed by atoms with van der Waals surface area (Å²) in [5.74, 6) is 1.85. The summed E-state index contributed by atoms with van der Waals surface area (Å²) in [6.45, 7) is 0. The van der Waals surface area contributed by atoms with Gasteiger partial charge in [-0.2, -0.15) is 0 Å². The highest BCUT2D eigenvalue weighted by Crippen LogP contribution is 2.46. The first kappa shape index (κ1) is 36.4. The first-order chi connectivity index (χ1) is 31.2. The van der Waals surface area contributed by atoms with Gasteiger partial charge in [-0.05, 0) is 74.1 Å². The van der Waals surface area contributed by atoms with Gasteiger partial charge in [-0.15, -0.1) is 0 Å². The Balaban J connectivity index is 1.20. The molecule has 2 heterocycles. The molecule has 4 nitrogen and oxygen atoms in total. The van der Waals surface area contributed by atoms with Crippen LogP contribution in [0.5, 0.6) is 0 Å². The molecule has 12 aromatic rings. The molecule has 0 N–H and O–H groups in total. The van der Waals surface area contributed by atoms with Crippen molar-refractivity contribution in [3.63, 3.8) is 0 Å². The first-order valence-electron chi connectivity index (χ1n) is 21.4. The van der Waals surface area contributed by atoms with E-state index in [4.69, 9.17) is 15.0 Å². The van der Waals surface area contributed by atoms with Crippen molar-refractivity contribution in [2.24, 2.45) is 0 Å². The van der Waals surface area contributed by atoms with E-state index >= 15 is 0 Å². The standard InChI is InChI=1S/C59H38N4/c1-4-17-39(18-5-1)40-31-33-43(34-32-40)56-53(63-52-30-15-14-28-48(52)51-37-45-24-10-11-25-46(45)38-54(51)63)36-35-50(55(56)42-20-6-2-7-21-42)59-61-57(44-22-8-3-9-23-44)60-58(62-59)49-29-16-26-41-19-12-13-27-47(41)49/h1-38H. The van der Waals surface area contributed by atoms with Crippen LogP contribution >= 0.6 is 0 Å². The number of hydrogen-bond donors (Lipinski definition) is 0. The Hall–Kier alpha value is -8.47. The van der Waals surface area contributed by atoms with Crippen molar-refractivity contribution in [3.05, 3.63) is 231 Å². The molecule has 0 radical (unpaired) electrons. The summed E-state index contributed by atoms with van der Waals surface area (Å²) in [4.78, 5) is 16.0. The molecule has 0 aliphatic rings. The number of para-hydroxylation sites is 1. The molecule has 0 aliphatic heterocycles. The quantitative estimate of drug-likeness (QED) is 0.161. The lowest BCUT2D eigenvalue weighted by molar-refractivity contribution is 1.08. The van der Waals surface area contributed by atoms with Crippen molar-refractivity contribution in [1.29, 1.82) is 0 Å². The minimum absolute atomic E-state index is 0.604. The molecule has 0 amide bonds. The maximum atomic E-state index is 5.42. The molecule has 12 rings (SSSR count). The molecule has 0 saturated carbocycles. The average molecular weight is 803 g/mol. The number of benzene rings is 10. The summed E-state index contributed by atoms with van der Waals surface area (Å²) >= 11 is 0. The van der Waals surface area contributed by atoms with Gasteiger partial charge >= 0.3 is 0 Å². The predicted octanol–water partition coefficient (Wildman–Crippen LogP) is 15.3. The van der Waals surface area contributed by atoms with Crippen molar-refractivity contribution in [2.45, 2.75) is 0 Å². The number of fused-ring (bicyclic) bond motifs is 5. The van der Waals surface area contributed by atoms with Crippen molar-refractivity contribution in [3.8, 4) is 73.2 Å². The maximum Gasteiger partial charge on any atom is 0.164 e. The number of hydrogen-bond acceptors (Lipinski definition) is 3. The van der Waals surface area contributed by atoms with Crippen LogP contribution < -0.4 is 0 Å². The summed E-state index contributed by atoms with van der Waals surface area (Å²) in [7, 11) is 0. The molecule has 0 atom stereocenters. The van der Waals surface area contributed by atoms with Crippen molar-refractivity contribution < 1.29 is 0 Å². The van der Waals surface area contributed by atoms with Gasteiger partial charge in [0.1, 0.15) is 0 Å². The van der Waals surface area contributed by atoms with E-state index in [1.54, 1.807) is 0 Å².